The zero-order valence-corrected chi connectivity index (χ0v) is 18.1. The Labute approximate surface area is 178 Å². The van der Waals surface area contributed by atoms with E-state index in [2.05, 4.69) is 23.1 Å². The van der Waals surface area contributed by atoms with Crippen LogP contribution in [0.1, 0.15) is 76.8 Å². The quantitative estimate of drug-likeness (QED) is 0.364. The fourth-order valence-electron chi connectivity index (χ4n) is 3.54. The number of nitriles is 1. The molecule has 164 valence electrons. The number of methoxy groups -OCH3 is 1. The molecule has 0 saturated carbocycles. The highest BCUT2D eigenvalue weighted by Gasteiger charge is 2.35. The number of carbonyl (C=O) groups excluding carboxylic acids is 1. The largest absolute Gasteiger partial charge is 0.466 e. The van der Waals surface area contributed by atoms with Crippen LogP contribution in [0.15, 0.2) is 18.5 Å². The molecule has 0 aliphatic carbocycles. The molecular formula is C22H33N5O3. The van der Waals surface area contributed by atoms with Crippen LogP contribution in [0.25, 0.3) is 5.52 Å². The molecule has 0 aliphatic heterocycles. The zero-order valence-electron chi connectivity index (χ0n) is 18.1. The number of carbonyl (C=O) groups is 1. The topological polar surface area (TPSA) is 116 Å². The Balaban J connectivity index is 1.78. The number of fused-ring (bicyclic) bond motifs is 1. The zero-order chi connectivity index (χ0) is 21.8. The molecule has 2 aromatic rings. The van der Waals surface area contributed by atoms with Crippen molar-refractivity contribution in [3.63, 3.8) is 0 Å². The summed E-state index contributed by atoms with van der Waals surface area (Å²) in [7, 11) is 1.51. The third-order valence-corrected chi connectivity index (χ3v) is 5.35. The van der Waals surface area contributed by atoms with Gasteiger partial charge in [-0.1, -0.05) is 39.0 Å². The summed E-state index contributed by atoms with van der Waals surface area (Å²) >= 11 is 0. The lowest BCUT2D eigenvalue weighted by molar-refractivity contribution is -0.143. The van der Waals surface area contributed by atoms with Crippen molar-refractivity contribution in [3.05, 3.63) is 24.2 Å². The maximum atomic E-state index is 11.8. The molecule has 8 heteroatoms. The number of hydrogen-bond donors (Lipinski definition) is 1. The third-order valence-electron chi connectivity index (χ3n) is 5.35. The molecule has 0 aromatic carbocycles. The summed E-state index contributed by atoms with van der Waals surface area (Å²) in [6.07, 6.45) is 10.5. The standard InChI is InChI=1S/C22H33N5O3/c1-3-4-5-6-7-8-11-20(28)30-15-10-9-14-22(16-23,29-2)19-13-12-18-21(24)25-17-26-27(18)19/h12-13,17H,3-11,14-15H2,1-2H3,(H2,24,25,26). The van der Waals surface area contributed by atoms with Crippen LogP contribution >= 0.6 is 0 Å². The van der Waals surface area contributed by atoms with Gasteiger partial charge >= 0.3 is 5.97 Å². The number of rotatable bonds is 14. The van der Waals surface area contributed by atoms with Gasteiger partial charge in [0.05, 0.1) is 12.3 Å². The van der Waals surface area contributed by atoms with Crippen molar-refractivity contribution in [1.82, 2.24) is 14.6 Å². The van der Waals surface area contributed by atoms with E-state index in [0.717, 1.165) is 12.8 Å². The van der Waals surface area contributed by atoms with Gasteiger partial charge in [0.25, 0.3) is 0 Å². The maximum Gasteiger partial charge on any atom is 0.305 e. The van der Waals surface area contributed by atoms with Crippen LogP contribution in [-0.2, 0) is 19.9 Å². The Hall–Kier alpha value is -2.66. The van der Waals surface area contributed by atoms with Gasteiger partial charge in [0.1, 0.15) is 17.9 Å². The first-order valence-corrected chi connectivity index (χ1v) is 10.8. The predicted molar refractivity (Wildman–Crippen MR) is 115 cm³/mol. The average molecular weight is 416 g/mol. The summed E-state index contributed by atoms with van der Waals surface area (Å²) in [5.74, 6) is 0.199. The second kappa shape index (κ2) is 12.1. The van der Waals surface area contributed by atoms with Crippen LogP contribution in [0, 0.1) is 11.3 Å². The molecule has 2 rings (SSSR count). The third kappa shape index (κ3) is 6.17. The number of nitrogen functional groups attached to an aromatic ring is 1. The number of hydrogen-bond acceptors (Lipinski definition) is 7. The minimum atomic E-state index is -1.16. The van der Waals surface area contributed by atoms with Crippen molar-refractivity contribution in [2.45, 2.75) is 76.7 Å². The molecule has 0 radical (unpaired) electrons. The minimum absolute atomic E-state index is 0.145. The van der Waals surface area contributed by atoms with Crippen molar-refractivity contribution < 1.29 is 14.3 Å². The monoisotopic (exact) mass is 415 g/mol. The van der Waals surface area contributed by atoms with Gasteiger partial charge in [-0.2, -0.15) is 10.4 Å². The smallest absolute Gasteiger partial charge is 0.305 e. The summed E-state index contributed by atoms with van der Waals surface area (Å²) in [5.41, 5.74) is 5.97. The summed E-state index contributed by atoms with van der Waals surface area (Å²) in [5, 5.41) is 14.1. The molecule has 30 heavy (non-hydrogen) atoms. The molecule has 8 nitrogen and oxygen atoms in total. The summed E-state index contributed by atoms with van der Waals surface area (Å²) < 4.78 is 12.5. The van der Waals surface area contributed by atoms with Crippen molar-refractivity contribution in [2.75, 3.05) is 19.5 Å². The Morgan fingerprint density at radius 2 is 1.97 bits per heavy atom. The molecular weight excluding hydrogens is 382 g/mol. The first-order chi connectivity index (χ1) is 14.6. The Bertz CT molecular complexity index is 845. The fourth-order valence-corrected chi connectivity index (χ4v) is 3.54. The van der Waals surface area contributed by atoms with Gasteiger partial charge in [0.15, 0.2) is 11.4 Å². The van der Waals surface area contributed by atoms with E-state index in [1.807, 2.05) is 0 Å². The second-order valence-electron chi connectivity index (χ2n) is 7.50. The maximum absolute atomic E-state index is 11.8. The van der Waals surface area contributed by atoms with Crippen LogP contribution in [0.3, 0.4) is 0 Å². The van der Waals surface area contributed by atoms with Gasteiger partial charge in [-0.25, -0.2) is 9.50 Å². The Morgan fingerprint density at radius 3 is 2.70 bits per heavy atom. The van der Waals surface area contributed by atoms with Crippen molar-refractivity contribution in [3.8, 4) is 6.07 Å². The normalized spacial score (nSPS) is 13.1. The van der Waals surface area contributed by atoms with E-state index in [9.17, 15) is 10.1 Å². The summed E-state index contributed by atoms with van der Waals surface area (Å²) in [6, 6.07) is 5.84. The van der Waals surface area contributed by atoms with E-state index in [-0.39, 0.29) is 5.97 Å². The van der Waals surface area contributed by atoms with Gasteiger partial charge in [-0.15, -0.1) is 0 Å². The van der Waals surface area contributed by atoms with Gasteiger partial charge in [-0.05, 0) is 37.8 Å². The number of anilines is 1. The lowest BCUT2D eigenvalue weighted by Gasteiger charge is -2.24. The van der Waals surface area contributed by atoms with Crippen LogP contribution in [0.2, 0.25) is 0 Å². The van der Waals surface area contributed by atoms with Gasteiger partial charge < -0.3 is 15.2 Å². The van der Waals surface area contributed by atoms with Gasteiger partial charge in [-0.3, -0.25) is 4.79 Å². The van der Waals surface area contributed by atoms with Crippen LogP contribution in [0.4, 0.5) is 5.82 Å². The molecule has 0 bridgehead atoms. The van der Waals surface area contributed by atoms with Gasteiger partial charge in [0.2, 0.25) is 0 Å². The van der Waals surface area contributed by atoms with Crippen LogP contribution < -0.4 is 5.73 Å². The number of nitrogens with zero attached hydrogens (tertiary/aromatic N) is 4. The molecule has 1 unspecified atom stereocenters. The van der Waals surface area contributed by atoms with Crippen molar-refractivity contribution >= 4 is 17.3 Å². The number of nitrogens with two attached hydrogens (primary N) is 1. The molecule has 2 N–H and O–H groups in total. The Morgan fingerprint density at radius 1 is 1.20 bits per heavy atom. The summed E-state index contributed by atoms with van der Waals surface area (Å²) in [6.45, 7) is 2.54. The lowest BCUT2D eigenvalue weighted by Crippen LogP contribution is -2.29. The number of aromatic nitrogens is 3. The predicted octanol–water partition coefficient (Wildman–Crippen LogP) is 4.14. The van der Waals surface area contributed by atoms with E-state index in [0.29, 0.717) is 49.3 Å². The summed E-state index contributed by atoms with van der Waals surface area (Å²) in [4.78, 5) is 15.8. The first-order valence-electron chi connectivity index (χ1n) is 10.8. The highest BCUT2D eigenvalue weighted by molar-refractivity contribution is 5.69. The minimum Gasteiger partial charge on any atom is -0.466 e. The van der Waals surface area contributed by atoms with E-state index >= 15 is 0 Å². The SMILES string of the molecule is CCCCCCCCC(=O)OCCCCC(C#N)(OC)c1ccc2c(N)ncnn12. The lowest BCUT2D eigenvalue weighted by atomic mass is 9.94. The van der Waals surface area contributed by atoms with E-state index < -0.39 is 5.60 Å². The molecule has 0 aliphatic rings. The van der Waals surface area contributed by atoms with Crippen molar-refractivity contribution in [2.24, 2.45) is 0 Å². The highest BCUT2D eigenvalue weighted by atomic mass is 16.5. The molecule has 0 saturated heterocycles. The fraction of sp³-hybridized carbons (Fsp3) is 0.636. The number of unbranched alkanes of at least 4 members (excludes halogenated alkanes) is 6. The molecule has 0 fully saturated rings. The second-order valence-corrected chi connectivity index (χ2v) is 7.50. The van der Waals surface area contributed by atoms with Gasteiger partial charge in [0, 0.05) is 13.5 Å². The number of esters is 1. The molecule has 0 spiro atoms. The van der Waals surface area contributed by atoms with E-state index in [1.54, 1.807) is 16.6 Å². The van der Waals surface area contributed by atoms with Crippen LogP contribution in [-0.4, -0.2) is 34.3 Å². The number of ether oxygens (including phenoxy) is 2. The van der Waals surface area contributed by atoms with E-state index in [4.69, 9.17) is 15.2 Å². The molecule has 1 atom stereocenters. The van der Waals surface area contributed by atoms with Crippen molar-refractivity contribution in [1.29, 1.82) is 5.26 Å². The molecule has 2 aromatic heterocycles. The average Bonchev–Trinajstić information content (AvgIpc) is 3.20. The Kier molecular flexibility index (Phi) is 9.55. The van der Waals surface area contributed by atoms with Crippen LogP contribution in [0.5, 0.6) is 0 Å². The molecule has 2 heterocycles. The molecule has 0 amide bonds. The highest BCUT2D eigenvalue weighted by Crippen LogP contribution is 2.32. The first kappa shape index (κ1) is 23.6. The van der Waals surface area contributed by atoms with E-state index in [1.165, 1.54) is 39.1 Å².